The molecule has 1 aliphatic rings. The van der Waals surface area contributed by atoms with E-state index in [2.05, 4.69) is 41.4 Å². The smallest absolute Gasteiger partial charge is 0.140 e. The lowest BCUT2D eigenvalue weighted by Gasteiger charge is -2.28. The zero-order valence-electron chi connectivity index (χ0n) is 16.4. The van der Waals surface area contributed by atoms with Crippen molar-refractivity contribution in [3.8, 4) is 22.6 Å². The number of halogens is 1. The Morgan fingerprint density at radius 1 is 0.800 bits per heavy atom. The van der Waals surface area contributed by atoms with Crippen LogP contribution in [0.3, 0.4) is 0 Å². The summed E-state index contributed by atoms with van der Waals surface area (Å²) in [5.74, 6) is 1.40. The fourth-order valence-corrected chi connectivity index (χ4v) is 4.57. The predicted octanol–water partition coefficient (Wildman–Crippen LogP) is 7.37. The summed E-state index contributed by atoms with van der Waals surface area (Å²) in [6, 6.07) is 24.8. The number of rotatable bonds is 3. The molecule has 4 heteroatoms. The van der Waals surface area contributed by atoms with Crippen LogP contribution in [0, 0.1) is 0 Å². The minimum atomic E-state index is 0.551. The van der Waals surface area contributed by atoms with Gasteiger partial charge in [0, 0.05) is 21.5 Å². The molecule has 0 spiro atoms. The molecule has 3 aromatic carbocycles. The highest BCUT2D eigenvalue weighted by atomic mass is 35.5. The standard InChI is InChI=1S/C26H20ClN3/c27-18-12-13-19(20(15-18)16-7-5-8-16)25-21(14-17-6-1-2-9-22(17)28-25)26-29-23-10-3-4-11-24(23)30-26/h1-4,6,9-16H,5,7-8H2,(H,29,30). The van der Waals surface area contributed by atoms with E-state index in [1.54, 1.807) is 0 Å². The van der Waals surface area contributed by atoms with Crippen LogP contribution < -0.4 is 0 Å². The molecule has 0 amide bonds. The van der Waals surface area contributed by atoms with Crippen LogP contribution in [0.4, 0.5) is 0 Å². The van der Waals surface area contributed by atoms with Crippen molar-refractivity contribution < 1.29 is 0 Å². The Balaban J connectivity index is 1.64. The van der Waals surface area contributed by atoms with Gasteiger partial charge in [0.1, 0.15) is 5.82 Å². The minimum Gasteiger partial charge on any atom is -0.338 e. The summed E-state index contributed by atoms with van der Waals surface area (Å²) in [7, 11) is 0. The highest BCUT2D eigenvalue weighted by Crippen LogP contribution is 2.44. The van der Waals surface area contributed by atoms with Crippen LogP contribution in [0.2, 0.25) is 5.02 Å². The molecule has 0 saturated heterocycles. The van der Waals surface area contributed by atoms with Gasteiger partial charge in [-0.1, -0.05) is 54.4 Å². The van der Waals surface area contributed by atoms with E-state index in [0.717, 1.165) is 49.6 Å². The van der Waals surface area contributed by atoms with E-state index >= 15 is 0 Å². The van der Waals surface area contributed by atoms with Crippen molar-refractivity contribution in [3.63, 3.8) is 0 Å². The van der Waals surface area contributed by atoms with E-state index in [1.165, 1.54) is 24.8 Å². The highest BCUT2D eigenvalue weighted by Gasteiger charge is 2.25. The topological polar surface area (TPSA) is 41.6 Å². The van der Waals surface area contributed by atoms with Gasteiger partial charge in [0.15, 0.2) is 0 Å². The maximum Gasteiger partial charge on any atom is 0.140 e. The van der Waals surface area contributed by atoms with Crippen LogP contribution in [0.25, 0.3) is 44.6 Å². The molecular formula is C26H20ClN3. The van der Waals surface area contributed by atoms with E-state index in [0.29, 0.717) is 5.92 Å². The average molecular weight is 410 g/mol. The molecule has 30 heavy (non-hydrogen) atoms. The van der Waals surface area contributed by atoms with E-state index < -0.39 is 0 Å². The normalized spacial score (nSPS) is 14.3. The van der Waals surface area contributed by atoms with Crippen molar-refractivity contribution in [2.45, 2.75) is 25.2 Å². The Labute approximate surface area is 179 Å². The number of imidazole rings is 1. The number of nitrogens with one attached hydrogen (secondary N) is 1. The van der Waals surface area contributed by atoms with Gasteiger partial charge in [0.2, 0.25) is 0 Å². The van der Waals surface area contributed by atoms with E-state index in [1.807, 2.05) is 36.4 Å². The zero-order valence-corrected chi connectivity index (χ0v) is 17.2. The molecule has 0 atom stereocenters. The van der Waals surface area contributed by atoms with Crippen LogP contribution in [0.1, 0.15) is 30.7 Å². The Morgan fingerprint density at radius 2 is 1.60 bits per heavy atom. The van der Waals surface area contributed by atoms with Crippen LogP contribution in [-0.2, 0) is 0 Å². The van der Waals surface area contributed by atoms with Crippen molar-refractivity contribution >= 4 is 33.5 Å². The molecule has 6 rings (SSSR count). The van der Waals surface area contributed by atoms with Crippen LogP contribution in [-0.4, -0.2) is 15.0 Å². The van der Waals surface area contributed by atoms with Gasteiger partial charge < -0.3 is 4.98 Å². The second-order valence-corrected chi connectivity index (χ2v) is 8.48. The zero-order chi connectivity index (χ0) is 20.1. The van der Waals surface area contributed by atoms with Crippen molar-refractivity contribution in [2.75, 3.05) is 0 Å². The van der Waals surface area contributed by atoms with Crippen LogP contribution in [0.5, 0.6) is 0 Å². The average Bonchev–Trinajstić information content (AvgIpc) is 3.16. The third kappa shape index (κ3) is 2.89. The molecule has 2 heterocycles. The third-order valence-electron chi connectivity index (χ3n) is 6.18. The lowest BCUT2D eigenvalue weighted by atomic mass is 9.77. The minimum absolute atomic E-state index is 0.551. The number of para-hydroxylation sites is 3. The van der Waals surface area contributed by atoms with Gasteiger partial charge in [-0.3, -0.25) is 0 Å². The van der Waals surface area contributed by atoms with Crippen molar-refractivity contribution in [1.29, 1.82) is 0 Å². The second kappa shape index (κ2) is 6.96. The van der Waals surface area contributed by atoms with Crippen molar-refractivity contribution in [1.82, 2.24) is 15.0 Å². The lowest BCUT2D eigenvalue weighted by Crippen LogP contribution is -2.10. The summed E-state index contributed by atoms with van der Waals surface area (Å²) in [6.45, 7) is 0. The molecule has 1 fully saturated rings. The number of benzene rings is 3. The monoisotopic (exact) mass is 409 g/mol. The summed E-state index contributed by atoms with van der Waals surface area (Å²) in [5.41, 5.74) is 7.42. The highest BCUT2D eigenvalue weighted by molar-refractivity contribution is 6.30. The SMILES string of the molecule is Clc1ccc(-c2nc3ccccc3cc2-c2nc3ccccc3[nH]2)c(C2CCC2)c1. The number of fused-ring (bicyclic) bond motifs is 2. The van der Waals surface area contributed by atoms with Crippen molar-refractivity contribution in [3.05, 3.63) is 83.4 Å². The molecule has 0 bridgehead atoms. The molecule has 1 N–H and O–H groups in total. The van der Waals surface area contributed by atoms with Gasteiger partial charge in [-0.05, 0) is 60.7 Å². The summed E-state index contributed by atoms with van der Waals surface area (Å²) in [5, 5.41) is 1.89. The molecule has 2 aromatic heterocycles. The van der Waals surface area contributed by atoms with Gasteiger partial charge >= 0.3 is 0 Å². The van der Waals surface area contributed by atoms with Crippen LogP contribution >= 0.6 is 11.6 Å². The third-order valence-corrected chi connectivity index (χ3v) is 6.42. The van der Waals surface area contributed by atoms with Gasteiger partial charge in [-0.2, -0.15) is 0 Å². The molecule has 1 aliphatic carbocycles. The Kier molecular flexibility index (Phi) is 4.10. The fourth-order valence-electron chi connectivity index (χ4n) is 4.39. The van der Waals surface area contributed by atoms with Gasteiger partial charge in [-0.15, -0.1) is 0 Å². The van der Waals surface area contributed by atoms with Crippen LogP contribution in [0.15, 0.2) is 72.8 Å². The maximum atomic E-state index is 6.40. The Hall–Kier alpha value is -3.17. The number of H-pyrrole nitrogens is 1. The van der Waals surface area contributed by atoms with Gasteiger partial charge in [0.25, 0.3) is 0 Å². The summed E-state index contributed by atoms with van der Waals surface area (Å²) in [6.07, 6.45) is 3.69. The number of pyridine rings is 1. The summed E-state index contributed by atoms with van der Waals surface area (Å²) >= 11 is 6.40. The number of aromatic nitrogens is 3. The molecular weight excluding hydrogens is 390 g/mol. The van der Waals surface area contributed by atoms with Gasteiger partial charge in [0.05, 0.1) is 22.2 Å². The van der Waals surface area contributed by atoms with Crippen molar-refractivity contribution in [2.24, 2.45) is 0 Å². The summed E-state index contributed by atoms with van der Waals surface area (Å²) < 4.78 is 0. The lowest BCUT2D eigenvalue weighted by molar-refractivity contribution is 0.420. The number of hydrogen-bond donors (Lipinski definition) is 1. The first-order valence-corrected chi connectivity index (χ1v) is 10.8. The first-order valence-electron chi connectivity index (χ1n) is 10.4. The van der Waals surface area contributed by atoms with E-state index in [4.69, 9.17) is 21.6 Å². The fraction of sp³-hybridized carbons (Fsp3) is 0.154. The molecule has 1 saturated carbocycles. The first-order chi connectivity index (χ1) is 14.8. The molecule has 0 aliphatic heterocycles. The predicted molar refractivity (Wildman–Crippen MR) is 124 cm³/mol. The number of nitrogens with zero attached hydrogens (tertiary/aromatic N) is 2. The second-order valence-electron chi connectivity index (χ2n) is 8.04. The Bertz CT molecular complexity index is 1370. The van der Waals surface area contributed by atoms with E-state index in [9.17, 15) is 0 Å². The first kappa shape index (κ1) is 17.7. The maximum absolute atomic E-state index is 6.40. The van der Waals surface area contributed by atoms with Gasteiger partial charge in [-0.25, -0.2) is 9.97 Å². The number of hydrogen-bond acceptors (Lipinski definition) is 2. The van der Waals surface area contributed by atoms with E-state index in [-0.39, 0.29) is 0 Å². The molecule has 146 valence electrons. The molecule has 0 radical (unpaired) electrons. The molecule has 3 nitrogen and oxygen atoms in total. The molecule has 5 aromatic rings. The molecule has 0 unspecified atom stereocenters. The number of aromatic amines is 1. The quantitative estimate of drug-likeness (QED) is 0.338. The largest absolute Gasteiger partial charge is 0.338 e. The summed E-state index contributed by atoms with van der Waals surface area (Å²) in [4.78, 5) is 13.5. The Morgan fingerprint density at radius 3 is 2.40 bits per heavy atom.